The van der Waals surface area contributed by atoms with Crippen LogP contribution in [0.2, 0.25) is 0 Å². The Kier molecular flexibility index (Phi) is 8.17. The van der Waals surface area contributed by atoms with Crippen molar-refractivity contribution in [3.05, 3.63) is 92.6 Å². The Morgan fingerprint density at radius 2 is 1.82 bits per heavy atom. The second-order valence-electron chi connectivity index (χ2n) is 7.03. The summed E-state index contributed by atoms with van der Waals surface area (Å²) >= 11 is 2.22. The van der Waals surface area contributed by atoms with E-state index in [-0.39, 0.29) is 11.3 Å². The number of carbonyl (C=O) groups is 1. The molecule has 3 rings (SSSR count). The second-order valence-corrected chi connectivity index (χ2v) is 8.27. The van der Waals surface area contributed by atoms with E-state index in [4.69, 9.17) is 9.47 Å². The van der Waals surface area contributed by atoms with Gasteiger partial charge in [0.1, 0.15) is 18.2 Å². The predicted octanol–water partition coefficient (Wildman–Crippen LogP) is 6.44. The molecule has 0 heterocycles. The number of nitrogens with one attached hydrogen (secondary N) is 1. The normalized spacial score (nSPS) is 11.5. The van der Waals surface area contributed by atoms with Crippen LogP contribution in [0.1, 0.15) is 16.7 Å². The molecular formula is C25H18F3IN2O3. The maximum absolute atomic E-state index is 12.9. The molecule has 3 aromatic rings. The summed E-state index contributed by atoms with van der Waals surface area (Å²) in [6, 6.07) is 18.7. The van der Waals surface area contributed by atoms with Crippen molar-refractivity contribution >= 4 is 40.3 Å². The Hall–Kier alpha value is -3.52. The van der Waals surface area contributed by atoms with Gasteiger partial charge in [-0.05, 0) is 82.3 Å². The predicted molar refractivity (Wildman–Crippen MR) is 130 cm³/mol. The minimum absolute atomic E-state index is 0.0714. The summed E-state index contributed by atoms with van der Waals surface area (Å²) in [7, 11) is 1.46. The van der Waals surface area contributed by atoms with Crippen LogP contribution in [0.25, 0.3) is 6.08 Å². The van der Waals surface area contributed by atoms with Crippen molar-refractivity contribution in [3.63, 3.8) is 0 Å². The van der Waals surface area contributed by atoms with Gasteiger partial charge in [-0.3, -0.25) is 4.79 Å². The highest BCUT2D eigenvalue weighted by molar-refractivity contribution is 14.1. The van der Waals surface area contributed by atoms with Crippen molar-refractivity contribution in [2.75, 3.05) is 12.4 Å². The first-order valence-electron chi connectivity index (χ1n) is 9.85. The summed E-state index contributed by atoms with van der Waals surface area (Å²) < 4.78 is 51.0. The first-order valence-corrected chi connectivity index (χ1v) is 10.9. The molecule has 9 heteroatoms. The molecule has 0 aliphatic rings. The third-order valence-electron chi connectivity index (χ3n) is 4.62. The largest absolute Gasteiger partial charge is 0.493 e. The Balaban J connectivity index is 1.75. The number of nitrogens with zero attached hydrogens (tertiary/aromatic N) is 1. The molecule has 0 fully saturated rings. The van der Waals surface area contributed by atoms with Crippen LogP contribution in [-0.2, 0) is 17.6 Å². The van der Waals surface area contributed by atoms with Gasteiger partial charge >= 0.3 is 6.18 Å². The number of halogens is 4. The Morgan fingerprint density at radius 3 is 2.47 bits per heavy atom. The lowest BCUT2D eigenvalue weighted by atomic mass is 10.1. The number of methoxy groups -OCH3 is 1. The molecule has 0 atom stereocenters. The zero-order chi connectivity index (χ0) is 24.7. The van der Waals surface area contributed by atoms with E-state index in [1.54, 1.807) is 24.3 Å². The van der Waals surface area contributed by atoms with E-state index in [0.717, 1.165) is 21.3 Å². The maximum Gasteiger partial charge on any atom is 0.416 e. The molecule has 5 nitrogen and oxygen atoms in total. The van der Waals surface area contributed by atoms with Crippen molar-refractivity contribution < 1.29 is 27.4 Å². The third kappa shape index (κ3) is 6.74. The molecule has 3 aromatic carbocycles. The lowest BCUT2D eigenvalue weighted by Gasteiger charge is -2.12. The molecule has 0 saturated heterocycles. The minimum atomic E-state index is -4.55. The van der Waals surface area contributed by atoms with Gasteiger partial charge in [0.2, 0.25) is 0 Å². The number of nitriles is 1. The van der Waals surface area contributed by atoms with Gasteiger partial charge in [0.25, 0.3) is 5.91 Å². The van der Waals surface area contributed by atoms with Crippen molar-refractivity contribution in [3.8, 4) is 17.6 Å². The molecule has 1 N–H and O–H groups in total. The number of hydrogen-bond acceptors (Lipinski definition) is 4. The SMILES string of the molecule is COc1cc(/C=C(/C#N)C(=O)Nc2cccc(C(F)(F)F)c2)ccc1OCc1ccc(I)cc1. The van der Waals surface area contributed by atoms with Crippen molar-refractivity contribution in [2.24, 2.45) is 0 Å². The standard InChI is InChI=1S/C25H18F3IN2O3/c1-33-23-12-17(7-10-22(23)34-15-16-5-8-20(29)9-6-16)11-18(14-30)24(32)31-21-4-2-3-19(13-21)25(26,27)28/h2-13H,15H2,1H3,(H,31,32)/b18-11-. The number of amides is 1. The van der Waals surface area contributed by atoms with Crippen molar-refractivity contribution in [1.82, 2.24) is 0 Å². The van der Waals surface area contributed by atoms with E-state index in [1.165, 1.54) is 25.3 Å². The van der Waals surface area contributed by atoms with Gasteiger partial charge in [-0.2, -0.15) is 18.4 Å². The lowest BCUT2D eigenvalue weighted by Crippen LogP contribution is -2.14. The Morgan fingerprint density at radius 1 is 1.09 bits per heavy atom. The molecule has 0 saturated carbocycles. The summed E-state index contributed by atoms with van der Waals surface area (Å²) in [6.07, 6.45) is -3.23. The average molecular weight is 578 g/mol. The highest BCUT2D eigenvalue weighted by Gasteiger charge is 2.30. The monoisotopic (exact) mass is 578 g/mol. The first kappa shape index (κ1) is 25.1. The fraction of sp³-hybridized carbons (Fsp3) is 0.120. The van der Waals surface area contributed by atoms with Crippen LogP contribution in [0.15, 0.2) is 72.3 Å². The van der Waals surface area contributed by atoms with Crippen molar-refractivity contribution in [1.29, 1.82) is 5.26 Å². The van der Waals surface area contributed by atoms with Crippen molar-refractivity contribution in [2.45, 2.75) is 12.8 Å². The number of hydrogen-bond donors (Lipinski definition) is 1. The van der Waals surface area contributed by atoms with Crippen LogP contribution in [-0.4, -0.2) is 13.0 Å². The zero-order valence-corrected chi connectivity index (χ0v) is 20.0. The molecular weight excluding hydrogens is 560 g/mol. The zero-order valence-electron chi connectivity index (χ0n) is 17.8. The fourth-order valence-electron chi connectivity index (χ4n) is 2.92. The van der Waals surface area contributed by atoms with E-state index >= 15 is 0 Å². The van der Waals surface area contributed by atoms with E-state index in [1.807, 2.05) is 24.3 Å². The molecule has 0 aliphatic carbocycles. The summed E-state index contributed by atoms with van der Waals surface area (Å²) in [6.45, 7) is 0.325. The number of benzene rings is 3. The average Bonchev–Trinajstić information content (AvgIpc) is 2.82. The summed E-state index contributed by atoms with van der Waals surface area (Å²) in [5.41, 5.74) is 0.196. The topological polar surface area (TPSA) is 71.3 Å². The number of alkyl halides is 3. The van der Waals surface area contributed by atoms with Crippen LogP contribution < -0.4 is 14.8 Å². The fourth-order valence-corrected chi connectivity index (χ4v) is 3.28. The molecule has 34 heavy (non-hydrogen) atoms. The molecule has 0 unspecified atom stereocenters. The highest BCUT2D eigenvalue weighted by atomic mass is 127. The van der Waals surface area contributed by atoms with Crippen LogP contribution in [0.5, 0.6) is 11.5 Å². The smallest absolute Gasteiger partial charge is 0.416 e. The second kappa shape index (κ2) is 11.1. The highest BCUT2D eigenvalue weighted by Crippen LogP contribution is 2.31. The van der Waals surface area contributed by atoms with Crippen LogP contribution in [0.3, 0.4) is 0 Å². The molecule has 0 aromatic heterocycles. The molecule has 0 spiro atoms. The third-order valence-corrected chi connectivity index (χ3v) is 5.34. The van der Waals surface area contributed by atoms with Crippen LogP contribution >= 0.6 is 22.6 Å². The number of carbonyl (C=O) groups excluding carboxylic acids is 1. The summed E-state index contributed by atoms with van der Waals surface area (Å²) in [4.78, 5) is 12.5. The van der Waals surface area contributed by atoms with E-state index < -0.39 is 17.6 Å². The van der Waals surface area contributed by atoms with Gasteiger partial charge in [0.15, 0.2) is 11.5 Å². The molecule has 0 bridgehead atoms. The summed E-state index contributed by atoms with van der Waals surface area (Å²) in [5.74, 6) is 0.0415. The van der Waals surface area contributed by atoms with E-state index in [2.05, 4.69) is 27.9 Å². The quantitative estimate of drug-likeness (QED) is 0.199. The number of ether oxygens (including phenoxy) is 2. The number of anilines is 1. The minimum Gasteiger partial charge on any atom is -0.493 e. The van der Waals surface area contributed by atoms with Crippen LogP contribution in [0, 0.1) is 14.9 Å². The van der Waals surface area contributed by atoms with Gasteiger partial charge < -0.3 is 14.8 Å². The van der Waals surface area contributed by atoms with Gasteiger partial charge in [-0.25, -0.2) is 0 Å². The maximum atomic E-state index is 12.9. The summed E-state index contributed by atoms with van der Waals surface area (Å²) in [5, 5.41) is 11.7. The van der Waals surface area contributed by atoms with E-state index in [0.29, 0.717) is 23.7 Å². The van der Waals surface area contributed by atoms with Gasteiger partial charge in [-0.1, -0.05) is 24.3 Å². The van der Waals surface area contributed by atoms with Gasteiger partial charge in [-0.15, -0.1) is 0 Å². The molecule has 1 amide bonds. The van der Waals surface area contributed by atoms with E-state index in [9.17, 15) is 23.2 Å². The molecule has 174 valence electrons. The number of rotatable bonds is 7. The Bertz CT molecular complexity index is 1250. The van der Waals surface area contributed by atoms with Gasteiger partial charge in [0, 0.05) is 9.26 Å². The molecule has 0 aliphatic heterocycles. The molecule has 0 radical (unpaired) electrons. The van der Waals surface area contributed by atoms with Gasteiger partial charge in [0.05, 0.1) is 12.7 Å². The lowest BCUT2D eigenvalue weighted by molar-refractivity contribution is -0.137. The van der Waals surface area contributed by atoms with Crippen LogP contribution in [0.4, 0.5) is 18.9 Å². The first-order chi connectivity index (χ1) is 16.2. The Labute approximate surface area is 208 Å².